The van der Waals surface area contributed by atoms with Gasteiger partial charge in [-0.05, 0) is 25.3 Å². The molecular weight excluding hydrogens is 164 g/mol. The van der Waals surface area contributed by atoms with E-state index in [4.69, 9.17) is 0 Å². The molecule has 1 heterocycles. The van der Waals surface area contributed by atoms with Crippen LogP contribution in [0.5, 0.6) is 0 Å². The van der Waals surface area contributed by atoms with Gasteiger partial charge < -0.3 is 15.7 Å². The molecule has 0 spiro atoms. The predicted octanol–water partition coefficient (Wildman–Crippen LogP) is 0.0989. The Bertz CT molecular complexity index is 159. The first-order valence-electron chi connectivity index (χ1n) is 5.47. The zero-order valence-corrected chi connectivity index (χ0v) is 8.13. The third-order valence-corrected chi connectivity index (χ3v) is 3.02. The molecule has 13 heavy (non-hydrogen) atoms. The molecule has 0 aromatic rings. The Morgan fingerprint density at radius 1 is 1.38 bits per heavy atom. The van der Waals surface area contributed by atoms with Gasteiger partial charge in [0.2, 0.25) is 0 Å². The first kappa shape index (κ1) is 9.44. The van der Waals surface area contributed by atoms with Gasteiger partial charge in [0.1, 0.15) is 0 Å². The van der Waals surface area contributed by atoms with Gasteiger partial charge in [0.15, 0.2) is 0 Å². The van der Waals surface area contributed by atoms with E-state index in [-0.39, 0.29) is 6.10 Å². The summed E-state index contributed by atoms with van der Waals surface area (Å²) in [6, 6.07) is 0.495. The second-order valence-electron chi connectivity index (χ2n) is 4.43. The maximum Gasteiger partial charge on any atom is 0.0680 e. The molecular formula is C10H20N2O. The standard InChI is InChI=1S/C10H20N2O/c13-10-5-9(12-7-10)6-11-4-3-8-1-2-8/h8-13H,1-7H2. The van der Waals surface area contributed by atoms with Gasteiger partial charge in [-0.15, -0.1) is 0 Å². The van der Waals surface area contributed by atoms with Crippen molar-refractivity contribution in [2.45, 2.75) is 37.8 Å². The van der Waals surface area contributed by atoms with Gasteiger partial charge >= 0.3 is 0 Å². The van der Waals surface area contributed by atoms with Crippen molar-refractivity contribution < 1.29 is 5.11 Å². The first-order valence-corrected chi connectivity index (χ1v) is 5.47. The van der Waals surface area contributed by atoms with Crippen LogP contribution in [-0.4, -0.2) is 36.9 Å². The molecule has 0 aromatic carbocycles. The van der Waals surface area contributed by atoms with Crippen molar-refractivity contribution >= 4 is 0 Å². The van der Waals surface area contributed by atoms with Gasteiger partial charge in [-0.2, -0.15) is 0 Å². The van der Waals surface area contributed by atoms with Crippen LogP contribution in [0.2, 0.25) is 0 Å². The fourth-order valence-corrected chi connectivity index (χ4v) is 1.94. The highest BCUT2D eigenvalue weighted by Gasteiger charge is 2.22. The average Bonchev–Trinajstić information content (AvgIpc) is 2.84. The largest absolute Gasteiger partial charge is 0.392 e. The van der Waals surface area contributed by atoms with Crippen LogP contribution in [0.3, 0.4) is 0 Å². The SMILES string of the molecule is OC1CNC(CNCCC2CC2)C1. The number of aliphatic hydroxyl groups is 1. The lowest BCUT2D eigenvalue weighted by atomic mass is 10.2. The minimum atomic E-state index is -0.116. The molecule has 3 nitrogen and oxygen atoms in total. The molecule has 1 aliphatic heterocycles. The molecule has 1 aliphatic carbocycles. The fourth-order valence-electron chi connectivity index (χ4n) is 1.94. The summed E-state index contributed by atoms with van der Waals surface area (Å²) in [7, 11) is 0. The van der Waals surface area contributed by atoms with Crippen molar-refractivity contribution in [3.05, 3.63) is 0 Å². The van der Waals surface area contributed by atoms with E-state index in [1.54, 1.807) is 0 Å². The lowest BCUT2D eigenvalue weighted by molar-refractivity contribution is 0.193. The molecule has 2 aliphatic rings. The molecule has 2 atom stereocenters. The van der Waals surface area contributed by atoms with Gasteiger partial charge in [0.25, 0.3) is 0 Å². The van der Waals surface area contributed by atoms with Gasteiger partial charge in [0.05, 0.1) is 6.10 Å². The Hall–Kier alpha value is -0.120. The Balaban J connectivity index is 1.47. The zero-order chi connectivity index (χ0) is 9.10. The minimum Gasteiger partial charge on any atom is -0.392 e. The van der Waals surface area contributed by atoms with Crippen LogP contribution in [0.15, 0.2) is 0 Å². The molecule has 1 saturated carbocycles. The maximum atomic E-state index is 9.26. The third kappa shape index (κ3) is 3.25. The first-order chi connectivity index (χ1) is 6.34. The van der Waals surface area contributed by atoms with E-state index >= 15 is 0 Å². The highest BCUT2D eigenvalue weighted by atomic mass is 16.3. The van der Waals surface area contributed by atoms with E-state index in [1.807, 2.05) is 0 Å². The Morgan fingerprint density at radius 3 is 2.85 bits per heavy atom. The van der Waals surface area contributed by atoms with E-state index in [2.05, 4.69) is 10.6 Å². The number of nitrogens with one attached hydrogen (secondary N) is 2. The minimum absolute atomic E-state index is 0.116. The molecule has 0 aromatic heterocycles. The highest BCUT2D eigenvalue weighted by molar-refractivity contribution is 4.82. The van der Waals surface area contributed by atoms with Gasteiger partial charge in [0, 0.05) is 19.1 Å². The van der Waals surface area contributed by atoms with Crippen LogP contribution in [0.25, 0.3) is 0 Å². The van der Waals surface area contributed by atoms with Crippen LogP contribution in [0.4, 0.5) is 0 Å². The van der Waals surface area contributed by atoms with E-state index in [9.17, 15) is 5.11 Å². The summed E-state index contributed by atoms with van der Waals surface area (Å²) in [5.41, 5.74) is 0. The Labute approximate surface area is 79.9 Å². The Morgan fingerprint density at radius 2 is 2.23 bits per heavy atom. The molecule has 1 saturated heterocycles. The summed E-state index contributed by atoms with van der Waals surface area (Å²) in [6.07, 6.45) is 5.03. The van der Waals surface area contributed by atoms with Crippen LogP contribution >= 0.6 is 0 Å². The quantitative estimate of drug-likeness (QED) is 0.531. The number of β-amino-alcohol motifs (C(OH)–C–C–N with tert-alkyl or cyclic N) is 1. The monoisotopic (exact) mass is 184 g/mol. The van der Waals surface area contributed by atoms with Crippen molar-refractivity contribution in [3.63, 3.8) is 0 Å². The number of rotatable bonds is 5. The normalized spacial score (nSPS) is 33.9. The van der Waals surface area contributed by atoms with E-state index in [0.29, 0.717) is 6.04 Å². The van der Waals surface area contributed by atoms with Crippen molar-refractivity contribution in [1.82, 2.24) is 10.6 Å². The number of aliphatic hydroxyl groups excluding tert-OH is 1. The van der Waals surface area contributed by atoms with Crippen molar-refractivity contribution in [2.75, 3.05) is 19.6 Å². The van der Waals surface area contributed by atoms with Gasteiger partial charge in [-0.1, -0.05) is 12.8 Å². The number of hydrogen-bond acceptors (Lipinski definition) is 3. The van der Waals surface area contributed by atoms with Crippen LogP contribution in [0.1, 0.15) is 25.7 Å². The lowest BCUT2D eigenvalue weighted by Gasteiger charge is -2.10. The summed E-state index contributed by atoms with van der Waals surface area (Å²) < 4.78 is 0. The molecule has 2 rings (SSSR count). The maximum absolute atomic E-state index is 9.26. The van der Waals surface area contributed by atoms with E-state index < -0.39 is 0 Å². The Kier molecular flexibility index (Phi) is 3.19. The van der Waals surface area contributed by atoms with Crippen molar-refractivity contribution in [3.8, 4) is 0 Å². The second-order valence-corrected chi connectivity index (χ2v) is 4.43. The highest BCUT2D eigenvalue weighted by Crippen LogP contribution is 2.31. The summed E-state index contributed by atoms with van der Waals surface area (Å²) in [5, 5.41) is 16.0. The van der Waals surface area contributed by atoms with E-state index in [1.165, 1.54) is 19.3 Å². The zero-order valence-electron chi connectivity index (χ0n) is 8.13. The fraction of sp³-hybridized carbons (Fsp3) is 1.00. The summed E-state index contributed by atoms with van der Waals surface area (Å²) in [4.78, 5) is 0. The smallest absolute Gasteiger partial charge is 0.0680 e. The second kappa shape index (κ2) is 4.40. The van der Waals surface area contributed by atoms with Crippen LogP contribution in [-0.2, 0) is 0 Å². The molecule has 0 radical (unpaired) electrons. The molecule has 0 bridgehead atoms. The molecule has 3 heteroatoms. The van der Waals surface area contributed by atoms with Gasteiger partial charge in [-0.3, -0.25) is 0 Å². The molecule has 0 amide bonds. The van der Waals surface area contributed by atoms with Crippen LogP contribution < -0.4 is 10.6 Å². The summed E-state index contributed by atoms with van der Waals surface area (Å²) in [6.45, 7) is 2.94. The van der Waals surface area contributed by atoms with Crippen LogP contribution in [0, 0.1) is 5.92 Å². The lowest BCUT2D eigenvalue weighted by Crippen LogP contribution is -2.34. The summed E-state index contributed by atoms with van der Waals surface area (Å²) in [5.74, 6) is 1.02. The van der Waals surface area contributed by atoms with Gasteiger partial charge in [-0.25, -0.2) is 0 Å². The molecule has 2 fully saturated rings. The third-order valence-electron chi connectivity index (χ3n) is 3.02. The predicted molar refractivity (Wildman–Crippen MR) is 52.6 cm³/mol. The molecule has 3 N–H and O–H groups in total. The molecule has 2 unspecified atom stereocenters. The summed E-state index contributed by atoms with van der Waals surface area (Å²) >= 11 is 0. The number of hydrogen-bond donors (Lipinski definition) is 3. The van der Waals surface area contributed by atoms with Crippen molar-refractivity contribution in [1.29, 1.82) is 0 Å². The van der Waals surface area contributed by atoms with Crippen molar-refractivity contribution in [2.24, 2.45) is 5.92 Å². The topological polar surface area (TPSA) is 44.3 Å². The molecule has 76 valence electrons. The van der Waals surface area contributed by atoms with E-state index in [0.717, 1.165) is 32.0 Å². The average molecular weight is 184 g/mol.